The van der Waals surface area contributed by atoms with Crippen molar-refractivity contribution >= 4 is 14.1 Å². The summed E-state index contributed by atoms with van der Waals surface area (Å²) in [5.41, 5.74) is 0.608. The van der Waals surface area contributed by atoms with Crippen LogP contribution in [0.3, 0.4) is 0 Å². The van der Waals surface area contributed by atoms with Gasteiger partial charge in [0.15, 0.2) is 19.9 Å². The third kappa shape index (κ3) is 6.61. The van der Waals surface area contributed by atoms with Gasteiger partial charge in [0.25, 0.3) is 0 Å². The molecule has 2 spiro atoms. The first kappa shape index (κ1) is 29.9. The van der Waals surface area contributed by atoms with Crippen LogP contribution in [-0.2, 0) is 34.8 Å². The fraction of sp³-hybridized carbons (Fsp3) is 0.774. The van der Waals surface area contributed by atoms with Crippen LogP contribution in [0.5, 0.6) is 0 Å². The van der Waals surface area contributed by atoms with Gasteiger partial charge in [0, 0.05) is 32.3 Å². The van der Waals surface area contributed by atoms with Crippen molar-refractivity contribution in [3.63, 3.8) is 0 Å². The summed E-state index contributed by atoms with van der Waals surface area (Å²) in [6.07, 6.45) is 7.19. The predicted octanol–water partition coefficient (Wildman–Crippen LogP) is 7.30. The molecule has 0 aromatic heterocycles. The molecule has 38 heavy (non-hydrogen) atoms. The van der Waals surface area contributed by atoms with Crippen molar-refractivity contribution in [3.05, 3.63) is 35.9 Å². The van der Waals surface area contributed by atoms with Gasteiger partial charge in [-0.1, -0.05) is 51.1 Å². The summed E-state index contributed by atoms with van der Waals surface area (Å²) >= 11 is 0. The number of hydrogen-bond acceptors (Lipinski definition) is 6. The van der Waals surface area contributed by atoms with Crippen LogP contribution in [0.2, 0.25) is 18.1 Å². The molecular formula is C31H50O6Si. The molecule has 1 aromatic rings. The number of hydrogen-bond donors (Lipinski definition) is 0. The van der Waals surface area contributed by atoms with Crippen molar-refractivity contribution in [2.45, 2.75) is 147 Å². The van der Waals surface area contributed by atoms with Gasteiger partial charge in [-0.15, -0.1) is 0 Å². The number of carbonyl (C=O) groups excluding carboxylic acids is 1. The molecule has 3 aliphatic heterocycles. The Morgan fingerprint density at radius 1 is 1.03 bits per heavy atom. The minimum absolute atomic E-state index is 0.0358. The summed E-state index contributed by atoms with van der Waals surface area (Å²) in [5.74, 6) is -1.42. The quantitative estimate of drug-likeness (QED) is 0.239. The molecule has 0 aliphatic carbocycles. The van der Waals surface area contributed by atoms with Crippen molar-refractivity contribution < 1.29 is 28.2 Å². The van der Waals surface area contributed by atoms with Gasteiger partial charge >= 0.3 is 0 Å². The third-order valence-corrected chi connectivity index (χ3v) is 13.8. The van der Waals surface area contributed by atoms with E-state index in [4.69, 9.17) is 23.4 Å². The summed E-state index contributed by atoms with van der Waals surface area (Å²) in [4.78, 5) is 11.9. The molecule has 0 saturated carbocycles. The van der Waals surface area contributed by atoms with Crippen molar-refractivity contribution in [1.29, 1.82) is 0 Å². The molecule has 1 aromatic carbocycles. The highest BCUT2D eigenvalue weighted by atomic mass is 28.4. The van der Waals surface area contributed by atoms with Crippen LogP contribution in [0.1, 0.15) is 98.0 Å². The van der Waals surface area contributed by atoms with Gasteiger partial charge in [-0.25, -0.2) is 0 Å². The minimum Gasteiger partial charge on any atom is -0.406 e. The average Bonchev–Trinajstić information content (AvgIpc) is 3.17. The highest BCUT2D eigenvalue weighted by Gasteiger charge is 2.65. The first-order chi connectivity index (χ1) is 17.8. The van der Waals surface area contributed by atoms with Crippen LogP contribution in [0.15, 0.2) is 30.3 Å². The maximum absolute atomic E-state index is 11.9. The number of ether oxygens (including phenoxy) is 4. The van der Waals surface area contributed by atoms with Gasteiger partial charge in [0.1, 0.15) is 11.4 Å². The van der Waals surface area contributed by atoms with E-state index in [1.165, 1.54) is 5.56 Å². The SMILES string of the molecule is CC(=O)C[C@@H]1CCC[C@@]2(CC[C@@]3(O[C@H](CCOCc4ccccc4)CC[C@@]3(C)O[Si](C)(C)C(C)(C)C)O2)O1. The standard InChI is InChI=1S/C31H50O6Si/c1-24(32)22-27-14-11-17-30(34-27)19-20-31(36-30)29(5,37-38(6,7)28(2,3)4)18-15-26(35-31)16-21-33-23-25-12-9-8-10-13-25/h8-10,12-13,26-27H,11,14-23H2,1-7H3/t26-,27-,29+,30+,31+/m0/s1. The molecule has 6 nitrogen and oxygen atoms in total. The second kappa shape index (κ2) is 11.4. The number of carbonyl (C=O) groups is 1. The third-order valence-electron chi connectivity index (χ3n) is 9.25. The molecule has 5 atom stereocenters. The Kier molecular flexibility index (Phi) is 8.98. The Labute approximate surface area is 231 Å². The second-order valence-corrected chi connectivity index (χ2v) is 18.2. The van der Waals surface area contributed by atoms with E-state index in [1.807, 2.05) is 18.2 Å². The Balaban J connectivity index is 1.50. The van der Waals surface area contributed by atoms with Gasteiger partial charge in [-0.05, 0) is 69.6 Å². The minimum atomic E-state index is -2.12. The van der Waals surface area contributed by atoms with Crippen molar-refractivity contribution in [1.82, 2.24) is 0 Å². The van der Waals surface area contributed by atoms with Gasteiger partial charge in [-0.3, -0.25) is 4.79 Å². The van der Waals surface area contributed by atoms with Gasteiger partial charge < -0.3 is 23.4 Å². The van der Waals surface area contributed by atoms with Gasteiger partial charge in [0.05, 0.1) is 18.8 Å². The summed E-state index contributed by atoms with van der Waals surface area (Å²) in [7, 11) is -2.12. The number of Topliss-reactive ketones (excluding diaryl/α,β-unsaturated/α-hetero) is 1. The van der Waals surface area contributed by atoms with E-state index in [9.17, 15) is 4.79 Å². The van der Waals surface area contributed by atoms with E-state index < -0.39 is 25.5 Å². The molecule has 0 radical (unpaired) electrons. The van der Waals surface area contributed by atoms with Crippen LogP contribution in [0, 0.1) is 0 Å². The smallest absolute Gasteiger partial charge is 0.199 e. The van der Waals surface area contributed by atoms with E-state index in [2.05, 4.69) is 52.9 Å². The van der Waals surface area contributed by atoms with E-state index in [0.717, 1.165) is 51.4 Å². The van der Waals surface area contributed by atoms with Gasteiger partial charge in [0.2, 0.25) is 0 Å². The van der Waals surface area contributed by atoms with Crippen LogP contribution >= 0.6 is 0 Å². The predicted molar refractivity (Wildman–Crippen MR) is 151 cm³/mol. The number of benzene rings is 1. The second-order valence-electron chi connectivity index (χ2n) is 13.5. The lowest BCUT2D eigenvalue weighted by molar-refractivity contribution is -0.398. The Morgan fingerprint density at radius 3 is 2.45 bits per heavy atom. The van der Waals surface area contributed by atoms with Crippen LogP contribution < -0.4 is 0 Å². The maximum atomic E-state index is 11.9. The highest BCUT2D eigenvalue weighted by molar-refractivity contribution is 6.74. The summed E-state index contributed by atoms with van der Waals surface area (Å²) < 4.78 is 33.7. The molecule has 7 heteroatoms. The lowest BCUT2D eigenvalue weighted by Gasteiger charge is -2.56. The fourth-order valence-corrected chi connectivity index (χ4v) is 7.75. The number of ketones is 1. The maximum Gasteiger partial charge on any atom is 0.199 e. The number of rotatable bonds is 9. The molecule has 0 N–H and O–H groups in total. The van der Waals surface area contributed by atoms with E-state index in [1.54, 1.807) is 6.92 Å². The van der Waals surface area contributed by atoms with E-state index in [0.29, 0.717) is 19.6 Å². The zero-order chi connectivity index (χ0) is 27.7. The van der Waals surface area contributed by atoms with E-state index >= 15 is 0 Å². The molecule has 3 fully saturated rings. The summed E-state index contributed by atoms with van der Waals surface area (Å²) in [6, 6.07) is 10.3. The molecule has 3 saturated heterocycles. The van der Waals surface area contributed by atoms with Crippen LogP contribution in [0.25, 0.3) is 0 Å². The van der Waals surface area contributed by atoms with Crippen LogP contribution in [0.4, 0.5) is 0 Å². The molecule has 0 bridgehead atoms. The monoisotopic (exact) mass is 546 g/mol. The van der Waals surface area contributed by atoms with Gasteiger partial charge in [-0.2, -0.15) is 0 Å². The van der Waals surface area contributed by atoms with Crippen molar-refractivity contribution in [3.8, 4) is 0 Å². The van der Waals surface area contributed by atoms with Crippen molar-refractivity contribution in [2.24, 2.45) is 0 Å². The summed E-state index contributed by atoms with van der Waals surface area (Å²) in [6.45, 7) is 16.5. The molecule has 4 rings (SSSR count). The average molecular weight is 547 g/mol. The lowest BCUT2D eigenvalue weighted by atomic mass is 9.83. The molecule has 0 amide bonds. The molecular weight excluding hydrogens is 496 g/mol. The molecule has 3 aliphatic rings. The van der Waals surface area contributed by atoms with Crippen LogP contribution in [-0.4, -0.2) is 50.1 Å². The molecule has 0 unspecified atom stereocenters. The fourth-order valence-electron chi connectivity index (χ4n) is 6.06. The molecule has 214 valence electrons. The highest BCUT2D eigenvalue weighted by Crippen LogP contribution is 2.56. The zero-order valence-electron chi connectivity index (χ0n) is 24.8. The zero-order valence-corrected chi connectivity index (χ0v) is 25.8. The largest absolute Gasteiger partial charge is 0.406 e. The van der Waals surface area contributed by atoms with E-state index in [-0.39, 0.29) is 23.0 Å². The normalized spacial score (nSPS) is 34.2. The Hall–Kier alpha value is -1.09. The first-order valence-electron chi connectivity index (χ1n) is 14.6. The van der Waals surface area contributed by atoms with Crippen molar-refractivity contribution in [2.75, 3.05) is 6.61 Å². The topological polar surface area (TPSA) is 63.2 Å². The summed E-state index contributed by atoms with van der Waals surface area (Å²) in [5, 5.41) is 0.0730. The Morgan fingerprint density at radius 2 is 1.76 bits per heavy atom. The first-order valence-corrected chi connectivity index (χ1v) is 17.6. The lowest BCUT2D eigenvalue weighted by Crippen LogP contribution is -2.65. The Bertz CT molecular complexity index is 945. The molecule has 3 heterocycles.